The number of nitrogens with zero attached hydrogens (tertiary/aromatic N) is 1. The van der Waals surface area contributed by atoms with Crippen molar-refractivity contribution in [2.75, 3.05) is 29.0 Å². The van der Waals surface area contributed by atoms with Gasteiger partial charge in [0.2, 0.25) is 15.9 Å². The number of hydrogen-bond acceptors (Lipinski definition) is 4. The van der Waals surface area contributed by atoms with Crippen molar-refractivity contribution in [1.82, 2.24) is 5.32 Å². The minimum Gasteiger partial charge on any atom is -0.352 e. The molecular weight excluding hydrogens is 426 g/mol. The van der Waals surface area contributed by atoms with E-state index in [-0.39, 0.29) is 5.91 Å². The van der Waals surface area contributed by atoms with E-state index < -0.39 is 22.5 Å². The van der Waals surface area contributed by atoms with Crippen LogP contribution in [-0.2, 0) is 21.2 Å². The summed E-state index contributed by atoms with van der Waals surface area (Å²) in [5, 5.41) is 5.52. The van der Waals surface area contributed by atoms with Crippen molar-refractivity contribution < 1.29 is 18.0 Å². The molecule has 0 fully saturated rings. The van der Waals surface area contributed by atoms with E-state index >= 15 is 0 Å². The molecule has 32 heavy (non-hydrogen) atoms. The van der Waals surface area contributed by atoms with Crippen molar-refractivity contribution in [2.45, 2.75) is 6.42 Å². The van der Waals surface area contributed by atoms with Crippen LogP contribution in [0.15, 0.2) is 84.9 Å². The molecule has 7 nitrogen and oxygen atoms in total. The monoisotopic (exact) mass is 451 g/mol. The van der Waals surface area contributed by atoms with Crippen molar-refractivity contribution >= 4 is 33.2 Å². The van der Waals surface area contributed by atoms with Gasteiger partial charge in [-0.05, 0) is 36.2 Å². The summed E-state index contributed by atoms with van der Waals surface area (Å²) in [6.45, 7) is 0.0355. The SMILES string of the molecule is CS(=O)(=O)N(CC(=O)Nc1ccccc1C(=O)NCCc1ccccc1)c1ccccc1. The lowest BCUT2D eigenvalue weighted by Gasteiger charge is -2.22. The largest absolute Gasteiger partial charge is 0.352 e. The molecule has 0 saturated heterocycles. The van der Waals surface area contributed by atoms with E-state index in [2.05, 4.69) is 10.6 Å². The van der Waals surface area contributed by atoms with Gasteiger partial charge in [-0.2, -0.15) is 0 Å². The lowest BCUT2D eigenvalue weighted by atomic mass is 10.1. The van der Waals surface area contributed by atoms with Crippen LogP contribution in [0.1, 0.15) is 15.9 Å². The highest BCUT2D eigenvalue weighted by atomic mass is 32.2. The Hall–Kier alpha value is -3.65. The Morgan fingerprint density at radius 2 is 1.44 bits per heavy atom. The summed E-state index contributed by atoms with van der Waals surface area (Å²) in [5.41, 5.74) is 2.11. The maximum atomic E-state index is 12.7. The second kappa shape index (κ2) is 10.6. The van der Waals surface area contributed by atoms with E-state index in [0.717, 1.165) is 16.1 Å². The summed E-state index contributed by atoms with van der Waals surface area (Å²) in [7, 11) is -3.68. The molecule has 0 saturated carbocycles. The molecule has 0 aromatic heterocycles. The van der Waals surface area contributed by atoms with Crippen molar-refractivity contribution in [3.63, 3.8) is 0 Å². The maximum Gasteiger partial charge on any atom is 0.253 e. The molecular formula is C24H25N3O4S. The van der Waals surface area contributed by atoms with Crippen LogP contribution in [0.3, 0.4) is 0 Å². The van der Waals surface area contributed by atoms with Crippen LogP contribution < -0.4 is 14.9 Å². The fourth-order valence-electron chi connectivity index (χ4n) is 3.16. The van der Waals surface area contributed by atoms with E-state index in [9.17, 15) is 18.0 Å². The quantitative estimate of drug-likeness (QED) is 0.523. The predicted octanol–water partition coefficient (Wildman–Crippen LogP) is 3.06. The molecule has 8 heteroatoms. The molecule has 0 aliphatic heterocycles. The molecule has 166 valence electrons. The third kappa shape index (κ3) is 6.42. The van der Waals surface area contributed by atoms with Gasteiger partial charge in [-0.3, -0.25) is 13.9 Å². The maximum absolute atomic E-state index is 12.7. The first-order chi connectivity index (χ1) is 15.3. The van der Waals surface area contributed by atoms with Gasteiger partial charge in [0.05, 0.1) is 23.2 Å². The third-order valence-electron chi connectivity index (χ3n) is 4.72. The van der Waals surface area contributed by atoms with Gasteiger partial charge < -0.3 is 10.6 Å². The standard InChI is InChI=1S/C24H25N3O4S/c1-32(30,31)27(20-12-6-3-7-13-20)18-23(28)26-22-15-9-8-14-21(22)24(29)25-17-16-19-10-4-2-5-11-19/h2-15H,16-18H2,1H3,(H,25,29)(H,26,28). The normalized spacial score (nSPS) is 10.9. The minimum atomic E-state index is -3.68. The number of hydrogen-bond donors (Lipinski definition) is 2. The van der Waals surface area contributed by atoms with E-state index in [0.29, 0.717) is 29.9 Å². The fourth-order valence-corrected chi connectivity index (χ4v) is 4.02. The number of sulfonamides is 1. The third-order valence-corrected chi connectivity index (χ3v) is 5.86. The van der Waals surface area contributed by atoms with E-state index in [1.54, 1.807) is 54.6 Å². The van der Waals surface area contributed by atoms with Crippen LogP contribution in [0.25, 0.3) is 0 Å². The first-order valence-corrected chi connectivity index (χ1v) is 11.9. The van der Waals surface area contributed by atoms with Gasteiger partial charge in [0.1, 0.15) is 6.54 Å². The number of nitrogens with one attached hydrogen (secondary N) is 2. The minimum absolute atomic E-state index is 0.305. The molecule has 0 heterocycles. The smallest absolute Gasteiger partial charge is 0.253 e. The molecule has 2 amide bonds. The van der Waals surface area contributed by atoms with Crippen LogP contribution in [0.2, 0.25) is 0 Å². The van der Waals surface area contributed by atoms with Crippen molar-refractivity contribution in [3.8, 4) is 0 Å². The number of benzene rings is 3. The molecule has 3 aromatic carbocycles. The topological polar surface area (TPSA) is 95.6 Å². The van der Waals surface area contributed by atoms with Gasteiger partial charge in [0, 0.05) is 6.54 Å². The Labute approximate surface area is 188 Å². The number of carbonyl (C=O) groups excluding carboxylic acids is 2. The average Bonchev–Trinajstić information content (AvgIpc) is 2.78. The fraction of sp³-hybridized carbons (Fsp3) is 0.167. The summed E-state index contributed by atoms with van der Waals surface area (Å²) >= 11 is 0. The van der Waals surface area contributed by atoms with E-state index in [1.807, 2.05) is 30.3 Å². The number of rotatable bonds is 9. The number of carbonyl (C=O) groups is 2. The summed E-state index contributed by atoms with van der Waals surface area (Å²) in [4.78, 5) is 25.3. The Kier molecular flexibility index (Phi) is 7.62. The highest BCUT2D eigenvalue weighted by Gasteiger charge is 2.21. The molecule has 3 aromatic rings. The summed E-state index contributed by atoms with van der Waals surface area (Å²) in [6, 6.07) is 24.8. The summed E-state index contributed by atoms with van der Waals surface area (Å²) in [6.07, 6.45) is 1.73. The lowest BCUT2D eigenvalue weighted by Crippen LogP contribution is -2.37. The zero-order valence-electron chi connectivity index (χ0n) is 17.7. The van der Waals surface area contributed by atoms with Gasteiger partial charge in [0.15, 0.2) is 0 Å². The van der Waals surface area contributed by atoms with Gasteiger partial charge >= 0.3 is 0 Å². The Morgan fingerprint density at radius 1 is 0.844 bits per heavy atom. The van der Waals surface area contributed by atoms with E-state index in [1.165, 1.54) is 0 Å². The second-order valence-electron chi connectivity index (χ2n) is 7.19. The second-order valence-corrected chi connectivity index (χ2v) is 9.10. The van der Waals surface area contributed by atoms with Gasteiger partial charge in [-0.15, -0.1) is 0 Å². The van der Waals surface area contributed by atoms with Crippen LogP contribution in [-0.4, -0.2) is 39.6 Å². The van der Waals surface area contributed by atoms with Gasteiger partial charge in [-0.1, -0.05) is 60.7 Å². The lowest BCUT2D eigenvalue weighted by molar-refractivity contribution is -0.114. The molecule has 0 unspecified atom stereocenters. The molecule has 0 bridgehead atoms. The van der Waals surface area contributed by atoms with Crippen LogP contribution in [0.5, 0.6) is 0 Å². The zero-order valence-corrected chi connectivity index (χ0v) is 18.5. The summed E-state index contributed by atoms with van der Waals surface area (Å²) in [5.74, 6) is -0.872. The molecule has 0 spiro atoms. The van der Waals surface area contributed by atoms with Gasteiger partial charge in [0.25, 0.3) is 5.91 Å². The highest BCUT2D eigenvalue weighted by Crippen LogP contribution is 2.18. The first kappa shape index (κ1) is 23.0. The molecule has 0 atom stereocenters. The van der Waals surface area contributed by atoms with Crippen molar-refractivity contribution in [2.24, 2.45) is 0 Å². The molecule has 0 aliphatic carbocycles. The number of anilines is 2. The molecule has 3 rings (SSSR count). The van der Waals surface area contributed by atoms with Crippen molar-refractivity contribution in [3.05, 3.63) is 96.1 Å². The van der Waals surface area contributed by atoms with Gasteiger partial charge in [-0.25, -0.2) is 8.42 Å². The van der Waals surface area contributed by atoms with Crippen molar-refractivity contribution in [1.29, 1.82) is 0 Å². The molecule has 0 aliphatic rings. The first-order valence-electron chi connectivity index (χ1n) is 10.1. The Morgan fingerprint density at radius 3 is 2.09 bits per heavy atom. The van der Waals surface area contributed by atoms with E-state index in [4.69, 9.17) is 0 Å². The number of amides is 2. The Bertz CT molecular complexity index is 1170. The van der Waals surface area contributed by atoms with Crippen LogP contribution in [0.4, 0.5) is 11.4 Å². The highest BCUT2D eigenvalue weighted by molar-refractivity contribution is 7.92. The summed E-state index contributed by atoms with van der Waals surface area (Å²) < 4.78 is 25.4. The average molecular weight is 452 g/mol. The molecule has 2 N–H and O–H groups in total. The van der Waals surface area contributed by atoms with Crippen LogP contribution >= 0.6 is 0 Å². The molecule has 0 radical (unpaired) electrons. The predicted molar refractivity (Wildman–Crippen MR) is 126 cm³/mol. The Balaban J connectivity index is 1.67. The number of para-hydroxylation sites is 2. The zero-order chi connectivity index (χ0) is 23.0. The van der Waals surface area contributed by atoms with Crippen LogP contribution in [0, 0.1) is 0 Å².